The van der Waals surface area contributed by atoms with Gasteiger partial charge in [0.15, 0.2) is 11.7 Å². The summed E-state index contributed by atoms with van der Waals surface area (Å²) in [5, 5.41) is 16.3. The van der Waals surface area contributed by atoms with E-state index in [1.807, 2.05) is 38.1 Å². The molecule has 0 aromatic carbocycles. The van der Waals surface area contributed by atoms with Gasteiger partial charge in [-0.15, -0.1) is 10.2 Å². The average molecular weight is 350 g/mol. The molecule has 0 bridgehead atoms. The van der Waals surface area contributed by atoms with Crippen LogP contribution in [0.25, 0.3) is 0 Å². The predicted octanol–water partition coefficient (Wildman–Crippen LogP) is 2.12. The summed E-state index contributed by atoms with van der Waals surface area (Å²) in [4.78, 5) is 8.24. The van der Waals surface area contributed by atoms with Gasteiger partial charge in [0.05, 0.1) is 0 Å². The van der Waals surface area contributed by atoms with Crippen molar-refractivity contribution in [3.05, 3.63) is 60.2 Å². The highest BCUT2D eigenvalue weighted by Gasteiger charge is 2.00. The molecule has 0 unspecified atom stereocenters. The molecule has 0 fully saturated rings. The van der Waals surface area contributed by atoms with E-state index < -0.39 is 0 Å². The van der Waals surface area contributed by atoms with E-state index in [0.29, 0.717) is 24.2 Å². The summed E-state index contributed by atoms with van der Waals surface area (Å²) in [5.41, 5.74) is 14.6. The Morgan fingerprint density at radius 1 is 0.731 bits per heavy atom. The first-order valence-electron chi connectivity index (χ1n) is 8.12. The van der Waals surface area contributed by atoms with Crippen molar-refractivity contribution in [3.63, 3.8) is 0 Å². The van der Waals surface area contributed by atoms with Crippen LogP contribution in [0.2, 0.25) is 0 Å². The molecule has 8 nitrogen and oxygen atoms in total. The molecule has 0 aliphatic heterocycles. The van der Waals surface area contributed by atoms with Gasteiger partial charge < -0.3 is 11.5 Å². The maximum absolute atomic E-state index is 5.85. The monoisotopic (exact) mass is 350 g/mol. The zero-order chi connectivity index (χ0) is 18.8. The number of amidine groups is 2. The molecule has 0 radical (unpaired) electrons. The number of aromatic nitrogens is 2. The van der Waals surface area contributed by atoms with Gasteiger partial charge in [-0.25, -0.2) is 0 Å². The van der Waals surface area contributed by atoms with Crippen LogP contribution in [0.1, 0.15) is 38.1 Å². The first-order chi connectivity index (χ1) is 12.6. The van der Waals surface area contributed by atoms with Crippen LogP contribution in [0.15, 0.2) is 69.2 Å². The van der Waals surface area contributed by atoms with Crippen LogP contribution >= 0.6 is 0 Å². The molecule has 0 atom stereocenters. The molecule has 8 heteroatoms. The van der Waals surface area contributed by atoms with Crippen molar-refractivity contribution in [1.82, 2.24) is 9.97 Å². The predicted molar refractivity (Wildman–Crippen MR) is 105 cm³/mol. The lowest BCUT2D eigenvalue weighted by atomic mass is 10.2. The number of rotatable bonds is 7. The van der Waals surface area contributed by atoms with Gasteiger partial charge in [0.1, 0.15) is 11.4 Å². The van der Waals surface area contributed by atoms with E-state index in [2.05, 4.69) is 30.4 Å². The van der Waals surface area contributed by atoms with Crippen LogP contribution in [0, 0.1) is 0 Å². The van der Waals surface area contributed by atoms with Gasteiger partial charge >= 0.3 is 0 Å². The lowest BCUT2D eigenvalue weighted by molar-refractivity contribution is 1.06. The molecule has 2 heterocycles. The van der Waals surface area contributed by atoms with Gasteiger partial charge in [-0.3, -0.25) is 9.97 Å². The Morgan fingerprint density at radius 3 is 1.50 bits per heavy atom. The van der Waals surface area contributed by atoms with Gasteiger partial charge in [0.25, 0.3) is 0 Å². The molecule has 0 saturated heterocycles. The summed E-state index contributed by atoms with van der Waals surface area (Å²) < 4.78 is 0. The summed E-state index contributed by atoms with van der Waals surface area (Å²) in [5.74, 6) is 0.561. The molecule has 4 N–H and O–H groups in total. The number of nitrogens with zero attached hydrogens (tertiary/aromatic N) is 6. The Kier molecular flexibility index (Phi) is 7.11. The van der Waals surface area contributed by atoms with Crippen LogP contribution in [0.3, 0.4) is 0 Å². The maximum atomic E-state index is 5.85. The van der Waals surface area contributed by atoms with Crippen LogP contribution < -0.4 is 11.5 Å². The number of pyridine rings is 2. The van der Waals surface area contributed by atoms with E-state index >= 15 is 0 Å². The fourth-order valence-electron chi connectivity index (χ4n) is 1.87. The van der Waals surface area contributed by atoms with Gasteiger partial charge in [0, 0.05) is 23.8 Å². The molecule has 2 aromatic heterocycles. The average Bonchev–Trinajstić information content (AvgIpc) is 2.69. The molecule has 26 heavy (non-hydrogen) atoms. The van der Waals surface area contributed by atoms with Crippen molar-refractivity contribution in [2.24, 2.45) is 31.9 Å². The minimum atomic E-state index is 0.281. The first-order valence-corrected chi connectivity index (χ1v) is 8.12. The quantitative estimate of drug-likeness (QED) is 0.450. The van der Waals surface area contributed by atoms with Crippen molar-refractivity contribution < 1.29 is 0 Å². The summed E-state index contributed by atoms with van der Waals surface area (Å²) in [7, 11) is 0. The summed E-state index contributed by atoms with van der Waals surface area (Å²) in [6, 6.07) is 10.9. The minimum Gasteiger partial charge on any atom is -0.380 e. The van der Waals surface area contributed by atoms with E-state index in [1.54, 1.807) is 24.5 Å². The second-order valence-electron chi connectivity index (χ2n) is 5.57. The van der Waals surface area contributed by atoms with Crippen molar-refractivity contribution in [3.8, 4) is 0 Å². The number of hydrogen-bond acceptors (Lipinski definition) is 6. The van der Waals surface area contributed by atoms with Crippen molar-refractivity contribution in [1.29, 1.82) is 0 Å². The molecule has 0 aliphatic carbocycles. The zero-order valence-electron chi connectivity index (χ0n) is 14.9. The standard InChI is InChI=1S/C18H22N8/c1-13(23-25-17(19)15-7-3-5-11-21-15)9-10-14(2)24-26-18(20)16-8-4-6-12-22-16/h3-8,11-12H,9-10H2,1-2H3,(H2,19,25)(H2,20,26). The third kappa shape index (κ3) is 6.23. The van der Waals surface area contributed by atoms with Gasteiger partial charge in [-0.2, -0.15) is 10.2 Å². The Hall–Kier alpha value is -3.42. The highest BCUT2D eigenvalue weighted by molar-refractivity contribution is 5.97. The Morgan fingerprint density at radius 2 is 1.15 bits per heavy atom. The highest BCUT2D eigenvalue weighted by Crippen LogP contribution is 2.00. The van der Waals surface area contributed by atoms with E-state index in [1.165, 1.54) is 0 Å². The highest BCUT2D eigenvalue weighted by atomic mass is 15.2. The normalized spacial score (nSPS) is 13.8. The third-order valence-corrected chi connectivity index (χ3v) is 3.36. The van der Waals surface area contributed by atoms with Crippen LogP contribution in [-0.2, 0) is 0 Å². The fraction of sp³-hybridized carbons (Fsp3) is 0.222. The molecule has 0 amide bonds. The molecule has 134 valence electrons. The second-order valence-corrected chi connectivity index (χ2v) is 5.57. The largest absolute Gasteiger partial charge is 0.380 e. The summed E-state index contributed by atoms with van der Waals surface area (Å²) >= 11 is 0. The molecule has 0 saturated carbocycles. The van der Waals surface area contributed by atoms with Gasteiger partial charge in [-0.05, 0) is 51.0 Å². The molecule has 2 aromatic rings. The first kappa shape index (κ1) is 18.9. The topological polar surface area (TPSA) is 127 Å². The molecule has 2 rings (SSSR count). The molecule has 0 aliphatic rings. The molecular formula is C18H22N8. The SMILES string of the molecule is CC(CCC(C)=NN=C(N)c1ccccn1)=NN=C(N)c1ccccn1. The minimum absolute atomic E-state index is 0.281. The Bertz CT molecular complexity index is 751. The van der Waals surface area contributed by atoms with E-state index in [0.717, 1.165) is 11.4 Å². The smallest absolute Gasteiger partial charge is 0.171 e. The van der Waals surface area contributed by atoms with Crippen molar-refractivity contribution in [2.75, 3.05) is 0 Å². The Labute approximate surface area is 152 Å². The lowest BCUT2D eigenvalue weighted by Gasteiger charge is -2.00. The fourth-order valence-corrected chi connectivity index (χ4v) is 1.87. The van der Waals surface area contributed by atoms with Gasteiger partial charge in [0.2, 0.25) is 0 Å². The van der Waals surface area contributed by atoms with E-state index in [4.69, 9.17) is 11.5 Å². The summed E-state index contributed by atoms with van der Waals surface area (Å²) in [6.07, 6.45) is 4.69. The number of hydrogen-bond donors (Lipinski definition) is 2. The molecule has 0 spiro atoms. The Balaban J connectivity index is 1.90. The van der Waals surface area contributed by atoms with Crippen LogP contribution in [0.5, 0.6) is 0 Å². The van der Waals surface area contributed by atoms with Crippen LogP contribution in [-0.4, -0.2) is 33.1 Å². The maximum Gasteiger partial charge on any atom is 0.171 e. The molecular weight excluding hydrogens is 328 g/mol. The van der Waals surface area contributed by atoms with Crippen molar-refractivity contribution >= 4 is 23.1 Å². The van der Waals surface area contributed by atoms with E-state index in [-0.39, 0.29) is 11.7 Å². The third-order valence-electron chi connectivity index (χ3n) is 3.36. The van der Waals surface area contributed by atoms with Crippen molar-refractivity contribution in [2.45, 2.75) is 26.7 Å². The lowest BCUT2D eigenvalue weighted by Crippen LogP contribution is -2.14. The zero-order valence-corrected chi connectivity index (χ0v) is 14.9. The van der Waals surface area contributed by atoms with E-state index in [9.17, 15) is 0 Å². The second kappa shape index (κ2) is 9.77. The van der Waals surface area contributed by atoms with Gasteiger partial charge in [-0.1, -0.05) is 12.1 Å². The van der Waals surface area contributed by atoms with Crippen LogP contribution in [0.4, 0.5) is 0 Å². The summed E-state index contributed by atoms with van der Waals surface area (Å²) in [6.45, 7) is 3.77. The number of nitrogens with two attached hydrogens (primary N) is 2.